The second-order valence-electron chi connectivity index (χ2n) is 8.10. The summed E-state index contributed by atoms with van der Waals surface area (Å²) >= 11 is 0. The molecule has 9 nitrogen and oxygen atoms in total. The Kier molecular flexibility index (Phi) is 6.51. The fourth-order valence-electron chi connectivity index (χ4n) is 3.60. The maximum absolute atomic E-state index is 13.4. The lowest BCUT2D eigenvalue weighted by Crippen LogP contribution is -2.20. The normalized spacial score (nSPS) is 11.5. The van der Waals surface area contributed by atoms with Gasteiger partial charge in [-0.25, -0.2) is 14.3 Å². The van der Waals surface area contributed by atoms with Gasteiger partial charge < -0.3 is 21.1 Å². The molecule has 4 rings (SSSR count). The number of amides is 2. The van der Waals surface area contributed by atoms with Gasteiger partial charge >= 0.3 is 12.4 Å². The summed E-state index contributed by atoms with van der Waals surface area (Å²) < 4.78 is 42.3. The highest BCUT2D eigenvalue weighted by Gasteiger charge is 2.31. The molecule has 0 saturated heterocycles. The number of nitrogens with zero attached hydrogens (tertiary/aromatic N) is 3. The number of nitrogen functional groups attached to an aromatic ring is 1. The van der Waals surface area contributed by atoms with E-state index in [1.807, 2.05) is 13.8 Å². The van der Waals surface area contributed by atoms with Gasteiger partial charge in [0, 0.05) is 22.6 Å². The molecule has 2 heterocycles. The van der Waals surface area contributed by atoms with Crippen LogP contribution in [0, 0.1) is 0 Å². The quantitative estimate of drug-likeness (QED) is 0.314. The molecular weight excluding hydrogens is 477 g/mol. The minimum atomic E-state index is -4.81. The van der Waals surface area contributed by atoms with Crippen molar-refractivity contribution in [2.75, 3.05) is 16.4 Å². The Bertz CT molecular complexity index is 1430. The van der Waals surface area contributed by atoms with Gasteiger partial charge in [0.1, 0.15) is 17.6 Å². The molecule has 2 aromatic carbocycles. The number of alkyl halides is 3. The summed E-state index contributed by atoms with van der Waals surface area (Å²) in [5.41, 5.74) is 8.44. The number of ether oxygens (including phenoxy) is 1. The predicted molar refractivity (Wildman–Crippen MR) is 127 cm³/mol. The molecule has 2 amide bonds. The van der Waals surface area contributed by atoms with Crippen molar-refractivity contribution in [3.8, 4) is 5.75 Å². The summed E-state index contributed by atoms with van der Waals surface area (Å²) in [4.78, 5) is 29.8. The van der Waals surface area contributed by atoms with E-state index in [1.54, 1.807) is 28.8 Å². The summed E-state index contributed by atoms with van der Waals surface area (Å²) in [6.07, 6.45) is -3.49. The smallest absolute Gasteiger partial charge is 0.406 e. The third kappa shape index (κ3) is 5.37. The molecule has 0 bridgehead atoms. The van der Waals surface area contributed by atoms with Crippen LogP contribution in [0.1, 0.15) is 41.4 Å². The summed E-state index contributed by atoms with van der Waals surface area (Å²) in [6.45, 7) is 3.93. The van der Waals surface area contributed by atoms with Gasteiger partial charge in [0.2, 0.25) is 0 Å². The molecule has 12 heteroatoms. The average Bonchev–Trinajstić information content (AvgIpc) is 3.20. The highest BCUT2D eigenvalue weighted by atomic mass is 19.4. The Morgan fingerprint density at radius 2 is 1.72 bits per heavy atom. The van der Waals surface area contributed by atoms with Crippen molar-refractivity contribution in [1.29, 1.82) is 0 Å². The molecule has 0 spiro atoms. The number of rotatable bonds is 6. The summed E-state index contributed by atoms with van der Waals surface area (Å²) in [5.74, 6) is -0.505. The first-order chi connectivity index (χ1) is 17.0. The number of hydrogen-bond donors (Lipinski definition) is 3. The van der Waals surface area contributed by atoms with Gasteiger partial charge in [0.25, 0.3) is 0 Å². The van der Waals surface area contributed by atoms with E-state index in [0.29, 0.717) is 22.3 Å². The first kappa shape index (κ1) is 24.5. The van der Waals surface area contributed by atoms with Crippen molar-refractivity contribution in [1.82, 2.24) is 14.6 Å². The Hall–Kier alpha value is -4.61. The Morgan fingerprint density at radius 3 is 2.39 bits per heavy atom. The molecule has 0 radical (unpaired) electrons. The third-order valence-electron chi connectivity index (χ3n) is 5.17. The van der Waals surface area contributed by atoms with E-state index in [0.717, 1.165) is 17.8 Å². The second-order valence-corrected chi connectivity index (χ2v) is 8.10. The van der Waals surface area contributed by atoms with Crippen molar-refractivity contribution in [2.45, 2.75) is 26.1 Å². The van der Waals surface area contributed by atoms with Gasteiger partial charge in [-0.2, -0.15) is 5.10 Å². The van der Waals surface area contributed by atoms with Crippen molar-refractivity contribution in [3.63, 3.8) is 0 Å². The summed E-state index contributed by atoms with van der Waals surface area (Å²) in [6, 6.07) is 12.0. The maximum Gasteiger partial charge on any atom is 0.573 e. The van der Waals surface area contributed by atoms with Crippen LogP contribution in [0.2, 0.25) is 0 Å². The first-order valence-electron chi connectivity index (χ1n) is 10.7. The van der Waals surface area contributed by atoms with Crippen LogP contribution >= 0.6 is 0 Å². The Morgan fingerprint density at radius 1 is 1.03 bits per heavy atom. The van der Waals surface area contributed by atoms with Crippen LogP contribution in [0.15, 0.2) is 60.9 Å². The summed E-state index contributed by atoms with van der Waals surface area (Å²) in [5, 5.41) is 9.32. The van der Waals surface area contributed by atoms with Crippen molar-refractivity contribution < 1.29 is 27.5 Å². The van der Waals surface area contributed by atoms with Gasteiger partial charge in [0.05, 0.1) is 5.56 Å². The number of nitrogens with one attached hydrogen (secondary N) is 2. The maximum atomic E-state index is 13.4. The standard InChI is InChI=1S/C24H21F3N6O3/c1-13(2)19-11-18(20-22(28)29-12-30-33(19)20)21(34)14-4-3-5-16(10-14)32-23(35)31-15-6-8-17(9-7-15)36-24(25,26)27/h3-13H,1-2H3,(H2,28,29,30)(H2,31,32,35). The van der Waals surface area contributed by atoms with Crippen molar-refractivity contribution in [2.24, 2.45) is 0 Å². The predicted octanol–water partition coefficient (Wildman–Crippen LogP) is 5.21. The second kappa shape index (κ2) is 9.56. The first-order valence-corrected chi connectivity index (χ1v) is 10.7. The number of anilines is 3. The molecule has 0 atom stereocenters. The number of urea groups is 1. The van der Waals surface area contributed by atoms with E-state index < -0.39 is 18.1 Å². The van der Waals surface area contributed by atoms with Crippen LogP contribution in [0.25, 0.3) is 5.52 Å². The number of ketones is 1. The zero-order chi connectivity index (χ0) is 26.0. The lowest BCUT2D eigenvalue weighted by Gasteiger charge is -2.11. The Balaban J connectivity index is 1.51. The van der Waals surface area contributed by atoms with Gasteiger partial charge in [-0.1, -0.05) is 26.0 Å². The minimum absolute atomic E-state index is 0.0686. The Labute approximate surface area is 203 Å². The van der Waals surface area contributed by atoms with Gasteiger partial charge in [-0.15, -0.1) is 13.2 Å². The fraction of sp³-hybridized carbons (Fsp3) is 0.167. The molecule has 4 aromatic rings. The molecule has 36 heavy (non-hydrogen) atoms. The lowest BCUT2D eigenvalue weighted by molar-refractivity contribution is -0.274. The van der Waals surface area contributed by atoms with Crippen LogP contribution < -0.4 is 21.1 Å². The van der Waals surface area contributed by atoms with E-state index in [2.05, 4.69) is 25.5 Å². The van der Waals surface area contributed by atoms with Gasteiger partial charge in [0.15, 0.2) is 11.6 Å². The highest BCUT2D eigenvalue weighted by molar-refractivity contribution is 6.15. The van der Waals surface area contributed by atoms with E-state index in [9.17, 15) is 22.8 Å². The highest BCUT2D eigenvalue weighted by Crippen LogP contribution is 2.28. The van der Waals surface area contributed by atoms with E-state index >= 15 is 0 Å². The van der Waals surface area contributed by atoms with Gasteiger partial charge in [-0.05, 0) is 48.4 Å². The minimum Gasteiger partial charge on any atom is -0.406 e. The average molecular weight is 498 g/mol. The number of carbonyl (C=O) groups excluding carboxylic acids is 2. The molecule has 0 aliphatic rings. The molecule has 4 N–H and O–H groups in total. The molecular formula is C24H21F3N6O3. The largest absolute Gasteiger partial charge is 0.573 e. The number of hydrogen-bond acceptors (Lipinski definition) is 6. The fourth-order valence-corrected chi connectivity index (χ4v) is 3.60. The van der Waals surface area contributed by atoms with Crippen LogP contribution in [0.4, 0.5) is 35.2 Å². The molecule has 2 aromatic heterocycles. The van der Waals surface area contributed by atoms with Crippen LogP contribution in [0.3, 0.4) is 0 Å². The number of aromatic nitrogens is 3. The molecule has 0 saturated carbocycles. The number of nitrogens with two attached hydrogens (primary N) is 1. The molecule has 0 fully saturated rings. The molecule has 0 aliphatic carbocycles. The van der Waals surface area contributed by atoms with Gasteiger partial charge in [-0.3, -0.25) is 4.79 Å². The number of fused-ring (bicyclic) bond motifs is 1. The number of carbonyl (C=O) groups is 2. The van der Waals surface area contributed by atoms with Crippen molar-refractivity contribution >= 4 is 34.5 Å². The van der Waals surface area contributed by atoms with E-state index in [4.69, 9.17) is 5.73 Å². The molecule has 186 valence electrons. The van der Waals surface area contributed by atoms with Crippen molar-refractivity contribution in [3.05, 3.63) is 77.7 Å². The SMILES string of the molecule is CC(C)c1cc(C(=O)c2cccc(NC(=O)Nc3ccc(OC(F)(F)F)cc3)c2)c2c(N)ncnn12. The zero-order valence-corrected chi connectivity index (χ0v) is 19.1. The van der Waals surface area contributed by atoms with E-state index in [1.165, 1.54) is 24.5 Å². The number of benzene rings is 2. The monoisotopic (exact) mass is 498 g/mol. The zero-order valence-electron chi connectivity index (χ0n) is 19.1. The van der Waals surface area contributed by atoms with E-state index in [-0.39, 0.29) is 23.2 Å². The van der Waals surface area contributed by atoms with Crippen LogP contribution in [0.5, 0.6) is 5.75 Å². The molecule has 0 unspecified atom stereocenters. The summed E-state index contributed by atoms with van der Waals surface area (Å²) in [7, 11) is 0. The molecule has 0 aliphatic heterocycles. The van der Waals surface area contributed by atoms with Crippen LogP contribution in [-0.2, 0) is 0 Å². The van der Waals surface area contributed by atoms with Crippen LogP contribution in [-0.4, -0.2) is 32.8 Å². The third-order valence-corrected chi connectivity index (χ3v) is 5.17. The number of halogens is 3. The topological polar surface area (TPSA) is 124 Å². The lowest BCUT2D eigenvalue weighted by atomic mass is 10.0.